The summed E-state index contributed by atoms with van der Waals surface area (Å²) in [5.41, 5.74) is 0. The second-order valence-corrected chi connectivity index (χ2v) is 21.2. The molecule has 6 nitrogen and oxygen atoms in total. The molecule has 0 amide bonds. The maximum atomic E-state index is 12.9. The van der Waals surface area contributed by atoms with Gasteiger partial charge in [-0.15, -0.1) is 0 Å². The van der Waals surface area contributed by atoms with Crippen LogP contribution in [-0.2, 0) is 28.6 Å². The molecule has 1 atom stereocenters. The van der Waals surface area contributed by atoms with Gasteiger partial charge in [-0.05, 0) is 141 Å². The predicted molar refractivity (Wildman–Crippen MR) is 352 cm³/mol. The van der Waals surface area contributed by atoms with Crippen LogP contribution < -0.4 is 0 Å². The minimum atomic E-state index is -0.817. The van der Waals surface area contributed by atoms with E-state index in [1.165, 1.54) is 89.9 Å². The number of hydrogen-bond acceptors (Lipinski definition) is 6. The molecule has 0 aromatic rings. The van der Waals surface area contributed by atoms with Gasteiger partial charge < -0.3 is 14.2 Å². The molecule has 6 heteroatoms. The van der Waals surface area contributed by atoms with Crippen LogP contribution in [0.5, 0.6) is 0 Å². The van der Waals surface area contributed by atoms with Crippen LogP contribution >= 0.6 is 0 Å². The van der Waals surface area contributed by atoms with Gasteiger partial charge in [-0.3, -0.25) is 14.4 Å². The van der Waals surface area contributed by atoms with E-state index < -0.39 is 6.10 Å². The first-order valence-corrected chi connectivity index (χ1v) is 33.0. The zero-order valence-corrected chi connectivity index (χ0v) is 52.2. The highest BCUT2D eigenvalue weighted by Crippen LogP contribution is 2.16. The molecular formula is C75H120O6. The highest BCUT2D eigenvalue weighted by atomic mass is 16.6. The fourth-order valence-electron chi connectivity index (χ4n) is 8.69. The van der Waals surface area contributed by atoms with Gasteiger partial charge in [0.15, 0.2) is 6.10 Å². The number of unbranched alkanes of at least 4 members (excludes halogenated alkanes) is 21. The zero-order chi connectivity index (χ0) is 58.5. The SMILES string of the molecule is CC/C=C\C/C=C\C/C=C\C/C=C\C/C=C\C/C=C\CCCCCCCCCCCCCCCCCCC(=O)OCC(COC(=O)CCCCC/C=C\C/C=C\C/C=C\CC)OC(=O)CCCC/C=C\C/C=C\C/C=C\C/C=C\CC. The Hall–Kier alpha value is -4.97. The third kappa shape index (κ3) is 65.7. The smallest absolute Gasteiger partial charge is 0.306 e. The Bertz CT molecular complexity index is 1810. The Morgan fingerprint density at radius 2 is 0.444 bits per heavy atom. The van der Waals surface area contributed by atoms with E-state index in [1.54, 1.807) is 0 Å². The number of ether oxygens (including phenoxy) is 3. The summed E-state index contributed by atoms with van der Waals surface area (Å²) >= 11 is 0. The summed E-state index contributed by atoms with van der Waals surface area (Å²) in [4.78, 5) is 38.2. The number of carbonyl (C=O) groups is 3. The van der Waals surface area contributed by atoms with Gasteiger partial charge >= 0.3 is 17.9 Å². The van der Waals surface area contributed by atoms with Gasteiger partial charge in [0.05, 0.1) is 0 Å². The second-order valence-electron chi connectivity index (χ2n) is 21.2. The fourth-order valence-corrected chi connectivity index (χ4v) is 8.69. The van der Waals surface area contributed by atoms with E-state index in [4.69, 9.17) is 14.2 Å². The maximum Gasteiger partial charge on any atom is 0.306 e. The van der Waals surface area contributed by atoms with E-state index in [0.29, 0.717) is 19.3 Å². The summed E-state index contributed by atoms with van der Waals surface area (Å²) < 4.78 is 16.8. The van der Waals surface area contributed by atoms with Crippen molar-refractivity contribution in [3.63, 3.8) is 0 Å². The molecule has 0 saturated carbocycles. The Kier molecular flexibility index (Phi) is 63.4. The molecule has 0 aromatic carbocycles. The van der Waals surface area contributed by atoms with Crippen molar-refractivity contribution in [2.24, 2.45) is 0 Å². The molecule has 0 N–H and O–H groups in total. The molecule has 0 aliphatic carbocycles. The van der Waals surface area contributed by atoms with E-state index in [0.717, 1.165) is 141 Å². The van der Waals surface area contributed by atoms with Gasteiger partial charge in [-0.1, -0.05) is 275 Å². The first-order chi connectivity index (χ1) is 40.0. The monoisotopic (exact) mass is 1120 g/mol. The Balaban J connectivity index is 4.21. The van der Waals surface area contributed by atoms with Gasteiger partial charge in [0.1, 0.15) is 13.2 Å². The molecule has 1 unspecified atom stereocenters. The molecular weight excluding hydrogens is 997 g/mol. The largest absolute Gasteiger partial charge is 0.462 e. The van der Waals surface area contributed by atoms with Crippen molar-refractivity contribution >= 4 is 17.9 Å². The lowest BCUT2D eigenvalue weighted by Crippen LogP contribution is -2.30. The van der Waals surface area contributed by atoms with Crippen LogP contribution in [-0.4, -0.2) is 37.2 Å². The first kappa shape index (κ1) is 76.0. The molecule has 0 aliphatic heterocycles. The van der Waals surface area contributed by atoms with Crippen molar-refractivity contribution in [3.8, 4) is 0 Å². The fraction of sp³-hybridized carbons (Fsp3) is 0.613. The molecule has 0 radical (unpaired) electrons. The molecule has 0 aliphatic rings. The summed E-state index contributed by atoms with van der Waals surface area (Å²) in [6.45, 7) is 6.23. The van der Waals surface area contributed by atoms with E-state index in [2.05, 4.69) is 179 Å². The van der Waals surface area contributed by atoms with Crippen LogP contribution in [0.25, 0.3) is 0 Å². The highest BCUT2D eigenvalue weighted by molar-refractivity contribution is 5.71. The molecule has 456 valence electrons. The lowest BCUT2D eigenvalue weighted by Gasteiger charge is -2.18. The summed E-state index contributed by atoms with van der Waals surface area (Å²) in [5, 5.41) is 0. The molecule has 0 aromatic heterocycles. The first-order valence-electron chi connectivity index (χ1n) is 33.0. The van der Waals surface area contributed by atoms with E-state index in [-0.39, 0.29) is 37.5 Å². The molecule has 81 heavy (non-hydrogen) atoms. The van der Waals surface area contributed by atoms with Gasteiger partial charge in [0, 0.05) is 19.3 Å². The van der Waals surface area contributed by atoms with Crippen LogP contribution in [0.4, 0.5) is 0 Å². The van der Waals surface area contributed by atoms with Crippen LogP contribution in [0.3, 0.4) is 0 Å². The zero-order valence-electron chi connectivity index (χ0n) is 52.2. The Morgan fingerprint density at radius 3 is 0.728 bits per heavy atom. The normalized spacial score (nSPS) is 13.2. The average Bonchev–Trinajstić information content (AvgIpc) is 3.46. The molecule has 0 saturated heterocycles. The molecule has 0 heterocycles. The topological polar surface area (TPSA) is 78.9 Å². The Morgan fingerprint density at radius 1 is 0.247 bits per heavy atom. The van der Waals surface area contributed by atoms with Crippen LogP contribution in [0.2, 0.25) is 0 Å². The number of allylic oxidation sites excluding steroid dienone is 26. The number of carbonyl (C=O) groups excluding carboxylic acids is 3. The maximum absolute atomic E-state index is 12.9. The van der Waals surface area contributed by atoms with Gasteiger partial charge in [0.25, 0.3) is 0 Å². The van der Waals surface area contributed by atoms with Crippen LogP contribution in [0.1, 0.15) is 278 Å². The number of rotatable bonds is 58. The third-order valence-corrected chi connectivity index (χ3v) is 13.5. The summed E-state index contributed by atoms with van der Waals surface area (Å²) in [6.07, 6.45) is 98.5. The quantitative estimate of drug-likeness (QED) is 0.0261. The molecule has 0 bridgehead atoms. The van der Waals surface area contributed by atoms with Gasteiger partial charge in [-0.25, -0.2) is 0 Å². The molecule has 0 rings (SSSR count). The highest BCUT2D eigenvalue weighted by Gasteiger charge is 2.19. The van der Waals surface area contributed by atoms with Crippen molar-refractivity contribution in [1.82, 2.24) is 0 Å². The summed E-state index contributed by atoms with van der Waals surface area (Å²) in [6, 6.07) is 0. The van der Waals surface area contributed by atoms with Crippen LogP contribution in [0.15, 0.2) is 158 Å². The van der Waals surface area contributed by atoms with Gasteiger partial charge in [0.2, 0.25) is 0 Å². The van der Waals surface area contributed by atoms with Crippen molar-refractivity contribution < 1.29 is 28.6 Å². The lowest BCUT2D eigenvalue weighted by atomic mass is 10.0. The van der Waals surface area contributed by atoms with Crippen molar-refractivity contribution in [1.29, 1.82) is 0 Å². The third-order valence-electron chi connectivity index (χ3n) is 13.5. The van der Waals surface area contributed by atoms with E-state index in [1.807, 2.05) is 0 Å². The Labute approximate surface area is 499 Å². The molecule has 0 fully saturated rings. The molecule has 0 spiro atoms. The van der Waals surface area contributed by atoms with Crippen LogP contribution in [0, 0.1) is 0 Å². The van der Waals surface area contributed by atoms with Crippen molar-refractivity contribution in [3.05, 3.63) is 158 Å². The predicted octanol–water partition coefficient (Wildman–Crippen LogP) is 22.9. The lowest BCUT2D eigenvalue weighted by molar-refractivity contribution is -0.167. The van der Waals surface area contributed by atoms with E-state index in [9.17, 15) is 14.4 Å². The second kappa shape index (κ2) is 67.5. The summed E-state index contributed by atoms with van der Waals surface area (Å²) in [7, 11) is 0. The summed E-state index contributed by atoms with van der Waals surface area (Å²) in [5.74, 6) is -0.982. The number of hydrogen-bond donors (Lipinski definition) is 0. The minimum Gasteiger partial charge on any atom is -0.462 e. The van der Waals surface area contributed by atoms with Crippen molar-refractivity contribution in [2.45, 2.75) is 284 Å². The van der Waals surface area contributed by atoms with E-state index >= 15 is 0 Å². The van der Waals surface area contributed by atoms with Crippen molar-refractivity contribution in [2.75, 3.05) is 13.2 Å². The number of esters is 3. The minimum absolute atomic E-state index is 0.108. The average molecular weight is 1120 g/mol. The van der Waals surface area contributed by atoms with Gasteiger partial charge in [-0.2, -0.15) is 0 Å². The standard InChI is InChI=1S/C75H120O6/c1-4-7-10-13-16-19-22-25-27-28-29-30-31-32-33-34-35-36-37-38-39-40-41-42-43-44-45-46-48-50-53-56-59-62-65-68-74(77)80-71-72(70-79-73(76)67-64-61-58-55-52-49-24-21-18-15-12-9-6-3)81-75(78)69-66-63-60-57-54-51-47-26-23-20-17-14-11-8-5-2/h7-12,16-21,25-27,29-30,32-33,35-36,47,49,52,54,57,72H,4-6,13-15,22-24,28,31,34,37-46,48,50-51,53,55-56,58-71H2,1-3H3/b10-7-,11-8-,12-9-,19-16-,20-17-,21-18-,27-25-,30-29-,33-32-,36-35-,47-26-,52-49-,57-54-.